The third-order valence-corrected chi connectivity index (χ3v) is 3.70. The van der Waals surface area contributed by atoms with E-state index in [0.717, 1.165) is 0 Å². The van der Waals surface area contributed by atoms with Gasteiger partial charge < -0.3 is 0 Å². The van der Waals surface area contributed by atoms with Crippen LogP contribution in [-0.4, -0.2) is 0 Å². The summed E-state index contributed by atoms with van der Waals surface area (Å²) >= 11 is 5.47. The van der Waals surface area contributed by atoms with Crippen LogP contribution in [0.3, 0.4) is 0 Å². The smallest absolute Gasteiger partial charge is 0.148 e. The topological polar surface area (TPSA) is 95.2 Å². The predicted molar refractivity (Wildman–Crippen MR) is 70.3 cm³/mol. The molecule has 0 aromatic heterocycles. The van der Waals surface area contributed by atoms with Crippen molar-refractivity contribution in [1.82, 2.24) is 0 Å². The lowest BCUT2D eigenvalue weighted by Gasteiger charge is -2.03. The molecule has 0 amide bonds. The van der Waals surface area contributed by atoms with Crippen LogP contribution in [0.4, 0.5) is 8.78 Å². The van der Waals surface area contributed by atoms with Crippen molar-refractivity contribution in [3.63, 3.8) is 0 Å². The summed E-state index contributed by atoms with van der Waals surface area (Å²) in [7, 11) is 0. The zero-order valence-electron chi connectivity index (χ0n) is 9.30. The summed E-state index contributed by atoms with van der Waals surface area (Å²) in [5, 5.41) is 33.8. The maximum Gasteiger partial charge on any atom is 0.148 e. The summed E-state index contributed by atoms with van der Waals surface area (Å²) in [5.41, 5.74) is -1.29. The third kappa shape index (κ3) is 2.40. The molecule has 0 spiro atoms. The molecule has 0 saturated carbocycles. The lowest BCUT2D eigenvalue weighted by atomic mass is 10.1. The Hall–Kier alpha value is -2.26. The fourth-order valence-electron chi connectivity index (χ4n) is 1.34. The molecule has 0 fully saturated rings. The van der Waals surface area contributed by atoms with Crippen LogP contribution < -0.4 is 10.4 Å². The molecule has 1 aromatic carbocycles. The second-order valence-electron chi connectivity index (χ2n) is 3.20. The molecule has 20 heavy (non-hydrogen) atoms. The van der Waals surface area contributed by atoms with Gasteiger partial charge in [0.2, 0.25) is 0 Å². The van der Waals surface area contributed by atoms with Crippen molar-refractivity contribution in [2.24, 2.45) is 0 Å². The first-order valence-electron chi connectivity index (χ1n) is 4.65. The average Bonchev–Trinajstić information content (AvgIpc) is 2.46. The van der Waals surface area contributed by atoms with Gasteiger partial charge >= 0.3 is 0 Å². The standard InChI is InChI=1S/C12Br2F2N4/c13-9-7(5(1-17)2-18)11(15)10(14)8(12(9)16)6(3-19)4-20. The van der Waals surface area contributed by atoms with Crippen molar-refractivity contribution < 1.29 is 8.78 Å². The van der Waals surface area contributed by atoms with E-state index in [-0.39, 0.29) is 0 Å². The Kier molecular flexibility index (Phi) is 4.94. The Morgan fingerprint density at radius 2 is 0.950 bits per heavy atom. The first kappa shape index (κ1) is 15.8. The number of hydrogen-bond donors (Lipinski definition) is 0. The van der Waals surface area contributed by atoms with Crippen LogP contribution in [0.5, 0.6) is 0 Å². The monoisotopic (exact) mass is 396 g/mol. The van der Waals surface area contributed by atoms with Gasteiger partial charge in [-0.1, -0.05) is 0 Å². The number of rotatable bonds is 0. The number of benzene rings is 1. The molecule has 8 heteroatoms. The van der Waals surface area contributed by atoms with Crippen LogP contribution in [0, 0.1) is 57.0 Å². The van der Waals surface area contributed by atoms with E-state index in [2.05, 4.69) is 31.9 Å². The molecule has 96 valence electrons. The van der Waals surface area contributed by atoms with E-state index in [1.165, 1.54) is 24.3 Å². The van der Waals surface area contributed by atoms with E-state index in [0.29, 0.717) is 0 Å². The number of nitriles is 4. The van der Waals surface area contributed by atoms with Crippen molar-refractivity contribution >= 4 is 43.0 Å². The minimum Gasteiger partial charge on any atom is -0.205 e. The summed E-state index contributed by atoms with van der Waals surface area (Å²) < 4.78 is 27.3. The molecule has 0 unspecified atom stereocenters. The Morgan fingerprint density at radius 1 is 0.700 bits per heavy atom. The number of halogens is 4. The number of nitrogens with zero attached hydrogens (tertiary/aromatic N) is 4. The Balaban J connectivity index is 4.35. The van der Waals surface area contributed by atoms with Crippen molar-refractivity contribution in [3.05, 3.63) is 31.0 Å². The first-order chi connectivity index (χ1) is 9.44. The van der Waals surface area contributed by atoms with Crippen LogP contribution in [0.1, 0.15) is 0 Å². The van der Waals surface area contributed by atoms with Crippen LogP contribution in [-0.2, 0) is 0 Å². The van der Waals surface area contributed by atoms with Gasteiger partial charge in [-0.2, -0.15) is 21.0 Å². The molecular formula is C12Br2F2N4. The minimum absolute atomic E-state index is 0.505. The van der Waals surface area contributed by atoms with Gasteiger partial charge in [-0.05, 0) is 31.9 Å². The van der Waals surface area contributed by atoms with Gasteiger partial charge in [0.05, 0.1) is 19.4 Å². The van der Waals surface area contributed by atoms with Crippen molar-refractivity contribution in [1.29, 1.82) is 21.0 Å². The van der Waals surface area contributed by atoms with E-state index in [1.807, 2.05) is 0 Å². The normalized spacial score (nSPS) is 8.80. The highest BCUT2D eigenvalue weighted by molar-refractivity contribution is 9.11. The molecule has 1 rings (SSSR count). The maximum atomic E-state index is 14.2. The molecule has 4 nitrogen and oxygen atoms in total. The van der Waals surface area contributed by atoms with Gasteiger partial charge in [-0.25, -0.2) is 8.78 Å². The van der Waals surface area contributed by atoms with Gasteiger partial charge in [0.25, 0.3) is 0 Å². The lowest BCUT2D eigenvalue weighted by Crippen LogP contribution is -2.26. The highest BCUT2D eigenvalue weighted by Crippen LogP contribution is 2.17. The molecule has 0 aliphatic heterocycles. The second-order valence-corrected chi connectivity index (χ2v) is 4.79. The van der Waals surface area contributed by atoms with E-state index in [4.69, 9.17) is 21.0 Å². The largest absolute Gasteiger partial charge is 0.205 e. The summed E-state index contributed by atoms with van der Waals surface area (Å²) in [6.45, 7) is 0. The summed E-state index contributed by atoms with van der Waals surface area (Å²) in [6.07, 6.45) is 0. The zero-order chi connectivity index (χ0) is 15.4. The van der Waals surface area contributed by atoms with Crippen molar-refractivity contribution in [3.8, 4) is 24.3 Å². The SMILES string of the molecule is N#CC(C#N)=c1c(F)c(Br)c(=C(C#N)C#N)c(F)c1Br. The van der Waals surface area contributed by atoms with Crippen molar-refractivity contribution in [2.45, 2.75) is 0 Å². The highest BCUT2D eigenvalue weighted by atomic mass is 79.9. The average molecular weight is 398 g/mol. The van der Waals surface area contributed by atoms with Gasteiger partial charge in [0, 0.05) is 0 Å². The molecule has 0 atom stereocenters. The molecule has 0 heterocycles. The molecular weight excluding hydrogens is 398 g/mol. The first-order valence-corrected chi connectivity index (χ1v) is 6.24. The van der Waals surface area contributed by atoms with Crippen molar-refractivity contribution in [2.75, 3.05) is 0 Å². The van der Waals surface area contributed by atoms with Crippen LogP contribution in [0.2, 0.25) is 0 Å². The zero-order valence-corrected chi connectivity index (χ0v) is 12.5. The van der Waals surface area contributed by atoms with E-state index in [1.54, 1.807) is 0 Å². The minimum atomic E-state index is -1.12. The molecule has 0 aliphatic rings. The number of hydrogen-bond acceptors (Lipinski definition) is 4. The molecule has 0 radical (unpaired) electrons. The van der Waals surface area contributed by atoms with Gasteiger partial charge in [0.1, 0.15) is 47.1 Å². The van der Waals surface area contributed by atoms with E-state index in [9.17, 15) is 8.78 Å². The van der Waals surface area contributed by atoms with Gasteiger partial charge in [-0.15, -0.1) is 0 Å². The van der Waals surface area contributed by atoms with Gasteiger partial charge in [-0.3, -0.25) is 0 Å². The molecule has 1 aromatic rings. The molecule has 0 aliphatic carbocycles. The Labute approximate surface area is 128 Å². The summed E-state index contributed by atoms with van der Waals surface area (Å²) in [4.78, 5) is 0. The predicted octanol–water partition coefficient (Wildman–Crippen LogP) is 1.89. The molecule has 0 N–H and O–H groups in total. The fraction of sp³-hybridized carbons (Fsp3) is 0. The Bertz CT molecular complexity index is 750. The lowest BCUT2D eigenvalue weighted by molar-refractivity contribution is 0.572. The van der Waals surface area contributed by atoms with Crippen LogP contribution >= 0.6 is 31.9 Å². The fourth-order valence-corrected chi connectivity index (χ4v) is 2.49. The van der Waals surface area contributed by atoms with E-state index >= 15 is 0 Å². The maximum absolute atomic E-state index is 14.2. The van der Waals surface area contributed by atoms with E-state index < -0.39 is 42.2 Å². The van der Waals surface area contributed by atoms with Crippen LogP contribution in [0.25, 0.3) is 11.1 Å². The van der Waals surface area contributed by atoms with Gasteiger partial charge in [0.15, 0.2) is 0 Å². The Morgan fingerprint density at radius 3 is 1.15 bits per heavy atom. The second kappa shape index (κ2) is 6.26. The molecule has 0 bridgehead atoms. The van der Waals surface area contributed by atoms with Crippen LogP contribution in [0.15, 0.2) is 8.95 Å². The highest BCUT2D eigenvalue weighted by Gasteiger charge is 2.19. The molecule has 0 saturated heterocycles. The quantitative estimate of drug-likeness (QED) is 0.624. The third-order valence-electron chi connectivity index (χ3n) is 2.21. The summed E-state index contributed by atoms with van der Waals surface area (Å²) in [6, 6.07) is 5.77. The summed E-state index contributed by atoms with van der Waals surface area (Å²) in [5.74, 6) is -2.23.